The summed E-state index contributed by atoms with van der Waals surface area (Å²) >= 11 is 0. The van der Waals surface area contributed by atoms with Gasteiger partial charge in [-0.2, -0.15) is 0 Å². The maximum Gasteiger partial charge on any atom is 0.0221 e. The highest BCUT2D eigenvalue weighted by Gasteiger charge is 2.34. The Balaban J connectivity index is 1.06. The molecular formula is C57H40. The van der Waals surface area contributed by atoms with Gasteiger partial charge >= 0.3 is 0 Å². The van der Waals surface area contributed by atoms with Gasteiger partial charge in [0.05, 0.1) is 0 Å². The fourth-order valence-corrected chi connectivity index (χ4v) is 9.68. The third kappa shape index (κ3) is 5.52. The zero-order valence-corrected chi connectivity index (χ0v) is 31.9. The van der Waals surface area contributed by atoms with E-state index in [1.54, 1.807) is 0 Å². The molecule has 0 aliphatic heterocycles. The summed E-state index contributed by atoms with van der Waals surface area (Å²) in [5, 5.41) is 12.7. The van der Waals surface area contributed by atoms with E-state index in [0.29, 0.717) is 0 Å². The van der Waals surface area contributed by atoms with Gasteiger partial charge in [0.2, 0.25) is 0 Å². The van der Waals surface area contributed by atoms with Crippen molar-refractivity contribution in [3.63, 3.8) is 0 Å². The third-order valence-electron chi connectivity index (χ3n) is 12.5. The van der Waals surface area contributed by atoms with Crippen LogP contribution in [0.3, 0.4) is 0 Å². The number of rotatable bonds is 5. The molecule has 0 radical (unpaired) electrons. The Morgan fingerprint density at radius 1 is 0.351 bits per heavy atom. The molecule has 0 N–H and O–H groups in total. The fourth-order valence-electron chi connectivity index (χ4n) is 9.68. The van der Waals surface area contributed by atoms with Gasteiger partial charge in [0.15, 0.2) is 0 Å². The molecule has 0 saturated heterocycles. The lowest BCUT2D eigenvalue weighted by molar-refractivity contribution is 0.633. The van der Waals surface area contributed by atoms with Gasteiger partial charge in [0.1, 0.15) is 0 Å². The predicted molar refractivity (Wildman–Crippen MR) is 244 cm³/mol. The summed E-state index contributed by atoms with van der Waals surface area (Å²) in [4.78, 5) is 0. The molecule has 0 heteroatoms. The Kier molecular flexibility index (Phi) is 7.79. The average molecular weight is 725 g/mol. The second-order valence-corrected chi connectivity index (χ2v) is 15.8. The van der Waals surface area contributed by atoms with E-state index < -0.39 is 0 Å². The Hall–Kier alpha value is -7.02. The van der Waals surface area contributed by atoms with E-state index in [0.717, 1.165) is 6.42 Å². The molecule has 0 spiro atoms. The Morgan fingerprint density at radius 3 is 1.49 bits per heavy atom. The first-order valence-corrected chi connectivity index (χ1v) is 20.1. The van der Waals surface area contributed by atoms with Crippen molar-refractivity contribution in [1.82, 2.24) is 0 Å². The molecule has 0 bridgehead atoms. The molecule has 1 aliphatic carbocycles. The first-order valence-electron chi connectivity index (χ1n) is 20.1. The van der Waals surface area contributed by atoms with Crippen LogP contribution in [0.15, 0.2) is 206 Å². The molecule has 0 aromatic heterocycles. The van der Waals surface area contributed by atoms with Gasteiger partial charge in [0.25, 0.3) is 0 Å². The number of hydrogen-bond donors (Lipinski definition) is 0. The van der Waals surface area contributed by atoms with Crippen LogP contribution in [0.2, 0.25) is 0 Å². The highest BCUT2D eigenvalue weighted by Crippen LogP contribution is 2.47. The first-order chi connectivity index (χ1) is 28.1. The highest BCUT2D eigenvalue weighted by molar-refractivity contribution is 6.21. The highest BCUT2D eigenvalue weighted by atomic mass is 14.4. The van der Waals surface area contributed by atoms with Crippen LogP contribution in [0.5, 0.6) is 0 Å². The molecule has 11 rings (SSSR count). The fraction of sp³-hybridized carbons (Fsp3) is 0.0526. The molecule has 1 aliphatic rings. The van der Waals surface area contributed by atoms with Crippen molar-refractivity contribution < 1.29 is 0 Å². The number of benzene rings is 10. The van der Waals surface area contributed by atoms with Crippen molar-refractivity contribution >= 4 is 54.7 Å². The van der Waals surface area contributed by atoms with Gasteiger partial charge in [0, 0.05) is 5.41 Å². The van der Waals surface area contributed by atoms with E-state index in [2.05, 4.69) is 219 Å². The summed E-state index contributed by atoms with van der Waals surface area (Å²) in [6.07, 6.45) is 3.37. The summed E-state index contributed by atoms with van der Waals surface area (Å²) < 4.78 is 0. The molecule has 10 aromatic carbocycles. The maximum atomic E-state index is 2.47. The molecule has 1 unspecified atom stereocenters. The van der Waals surface area contributed by atoms with Crippen molar-refractivity contribution in [3.05, 3.63) is 228 Å². The third-order valence-corrected chi connectivity index (χ3v) is 12.5. The van der Waals surface area contributed by atoms with E-state index in [1.165, 1.54) is 104 Å². The lowest BCUT2D eigenvalue weighted by atomic mass is 9.67. The Bertz CT molecular complexity index is 3280. The van der Waals surface area contributed by atoms with Crippen LogP contribution >= 0.6 is 0 Å². The minimum absolute atomic E-state index is 0.212. The van der Waals surface area contributed by atoms with Crippen molar-refractivity contribution in [2.24, 2.45) is 0 Å². The van der Waals surface area contributed by atoms with Crippen molar-refractivity contribution in [2.45, 2.75) is 18.8 Å². The molecule has 0 heterocycles. The standard InChI is InChI=1S/C57H40/c1-57(33-32-39-15-7-8-21-49(39)56(57)40-16-3-2-4-17-40)48-20-13-19-46(37-48)54-50-22-9-11-24-52(50)55(53-25-12-10-23-51(53)54)47-31-30-44-35-43(28-29-45(44)36-47)42-27-26-38-14-5-6-18-41(38)34-42/h2-32,34-37H,33H2,1H3. The topological polar surface area (TPSA) is 0 Å². The van der Waals surface area contributed by atoms with E-state index in [9.17, 15) is 0 Å². The van der Waals surface area contributed by atoms with Crippen LogP contribution in [-0.4, -0.2) is 0 Å². The van der Waals surface area contributed by atoms with E-state index >= 15 is 0 Å². The van der Waals surface area contributed by atoms with Crippen LogP contribution in [-0.2, 0) is 5.41 Å². The second kappa shape index (κ2) is 13.3. The van der Waals surface area contributed by atoms with Gasteiger partial charge < -0.3 is 0 Å². The normalized spacial score (nSPS) is 15.2. The molecule has 1 atom stereocenters. The SMILES string of the molecule is CC1(c2cccc(-c3c4ccccc4c(-c4ccc5cc(-c6ccc7ccccc7c6)ccc5c4)c4ccccc34)c2)CC=c2ccccc2=C1c1ccccc1. The first kappa shape index (κ1) is 33.3. The number of hydrogen-bond acceptors (Lipinski definition) is 0. The van der Waals surface area contributed by atoms with Crippen LogP contribution in [0.25, 0.3) is 88.1 Å². The summed E-state index contributed by atoms with van der Waals surface area (Å²) in [6.45, 7) is 2.44. The molecule has 0 amide bonds. The van der Waals surface area contributed by atoms with Crippen molar-refractivity contribution in [2.75, 3.05) is 0 Å². The minimum Gasteiger partial charge on any atom is -0.0754 e. The molecule has 0 nitrogen and oxygen atoms in total. The molecule has 0 saturated carbocycles. The van der Waals surface area contributed by atoms with Gasteiger partial charge in [-0.25, -0.2) is 0 Å². The predicted octanol–water partition coefficient (Wildman–Crippen LogP) is 13.6. The average Bonchev–Trinajstić information content (AvgIpc) is 3.28. The largest absolute Gasteiger partial charge is 0.0754 e. The second-order valence-electron chi connectivity index (χ2n) is 15.8. The lowest BCUT2D eigenvalue weighted by Gasteiger charge is -2.35. The van der Waals surface area contributed by atoms with Gasteiger partial charge in [-0.1, -0.05) is 201 Å². The van der Waals surface area contributed by atoms with E-state index in [4.69, 9.17) is 0 Å². The Labute approximate surface area is 333 Å². The smallest absolute Gasteiger partial charge is 0.0221 e. The van der Waals surface area contributed by atoms with E-state index in [1.807, 2.05) is 0 Å². The summed E-state index contributed by atoms with van der Waals surface area (Å²) in [5.41, 5.74) is 11.3. The summed E-state index contributed by atoms with van der Waals surface area (Å²) in [7, 11) is 0. The molecule has 268 valence electrons. The van der Waals surface area contributed by atoms with E-state index in [-0.39, 0.29) is 5.41 Å². The number of fused-ring (bicyclic) bond motifs is 5. The summed E-state index contributed by atoms with van der Waals surface area (Å²) in [5.74, 6) is 0. The summed E-state index contributed by atoms with van der Waals surface area (Å²) in [6, 6.07) is 76.5. The van der Waals surface area contributed by atoms with Crippen LogP contribution in [0.4, 0.5) is 0 Å². The maximum absolute atomic E-state index is 2.47. The van der Waals surface area contributed by atoms with Gasteiger partial charge in [-0.15, -0.1) is 0 Å². The molecule has 57 heavy (non-hydrogen) atoms. The Morgan fingerprint density at radius 2 is 0.825 bits per heavy atom. The molecule has 0 fully saturated rings. The van der Waals surface area contributed by atoms with Crippen LogP contribution in [0, 0.1) is 0 Å². The monoisotopic (exact) mass is 724 g/mol. The zero-order chi connectivity index (χ0) is 37.9. The zero-order valence-electron chi connectivity index (χ0n) is 31.9. The molecular weight excluding hydrogens is 685 g/mol. The van der Waals surface area contributed by atoms with Crippen LogP contribution in [0.1, 0.15) is 24.5 Å². The lowest BCUT2D eigenvalue weighted by Crippen LogP contribution is -2.40. The van der Waals surface area contributed by atoms with Crippen molar-refractivity contribution in [3.8, 4) is 33.4 Å². The van der Waals surface area contributed by atoms with Crippen molar-refractivity contribution in [1.29, 1.82) is 0 Å². The minimum atomic E-state index is -0.212. The van der Waals surface area contributed by atoms with Gasteiger partial charge in [-0.3, -0.25) is 0 Å². The van der Waals surface area contributed by atoms with Gasteiger partial charge in [-0.05, 0) is 128 Å². The molecule has 10 aromatic rings. The quantitative estimate of drug-likeness (QED) is 0.155. The van der Waals surface area contributed by atoms with Crippen LogP contribution < -0.4 is 10.4 Å².